The predicted octanol–water partition coefficient (Wildman–Crippen LogP) is 2.60. The first-order valence-electron chi connectivity index (χ1n) is 6.16. The Hall–Kier alpha value is -2.13. The SMILES string of the molecule is Cc1cccc(C(=O)c2ccc(OCCO)cc2)c1. The lowest BCUT2D eigenvalue weighted by molar-refractivity contribution is 0.103. The fourth-order valence-corrected chi connectivity index (χ4v) is 1.82. The predicted molar refractivity (Wildman–Crippen MR) is 73.6 cm³/mol. The highest BCUT2D eigenvalue weighted by atomic mass is 16.5. The zero-order chi connectivity index (χ0) is 13.7. The first-order valence-corrected chi connectivity index (χ1v) is 6.16. The summed E-state index contributed by atoms with van der Waals surface area (Å²) in [4.78, 5) is 12.2. The smallest absolute Gasteiger partial charge is 0.193 e. The van der Waals surface area contributed by atoms with Crippen molar-refractivity contribution in [3.8, 4) is 5.75 Å². The summed E-state index contributed by atoms with van der Waals surface area (Å²) >= 11 is 0. The Kier molecular flexibility index (Phi) is 4.31. The molecule has 0 aliphatic heterocycles. The van der Waals surface area contributed by atoms with Crippen molar-refractivity contribution in [1.82, 2.24) is 0 Å². The van der Waals surface area contributed by atoms with Crippen molar-refractivity contribution in [3.05, 3.63) is 65.2 Å². The zero-order valence-electron chi connectivity index (χ0n) is 10.8. The molecule has 0 saturated heterocycles. The number of rotatable bonds is 5. The van der Waals surface area contributed by atoms with Gasteiger partial charge in [-0.3, -0.25) is 4.79 Å². The second-order valence-electron chi connectivity index (χ2n) is 4.30. The zero-order valence-corrected chi connectivity index (χ0v) is 10.8. The number of ether oxygens (including phenoxy) is 1. The fourth-order valence-electron chi connectivity index (χ4n) is 1.82. The topological polar surface area (TPSA) is 46.5 Å². The van der Waals surface area contributed by atoms with E-state index in [1.165, 1.54) is 0 Å². The van der Waals surface area contributed by atoms with Crippen LogP contribution in [-0.4, -0.2) is 24.1 Å². The van der Waals surface area contributed by atoms with E-state index in [2.05, 4.69) is 0 Å². The van der Waals surface area contributed by atoms with Gasteiger partial charge in [0.1, 0.15) is 12.4 Å². The summed E-state index contributed by atoms with van der Waals surface area (Å²) < 4.78 is 5.25. The molecule has 0 fully saturated rings. The number of benzene rings is 2. The van der Waals surface area contributed by atoms with Crippen LogP contribution in [0.2, 0.25) is 0 Å². The van der Waals surface area contributed by atoms with Crippen LogP contribution in [0, 0.1) is 6.92 Å². The largest absolute Gasteiger partial charge is 0.491 e. The molecular weight excluding hydrogens is 240 g/mol. The van der Waals surface area contributed by atoms with Gasteiger partial charge < -0.3 is 9.84 Å². The van der Waals surface area contributed by atoms with Crippen LogP contribution in [-0.2, 0) is 0 Å². The van der Waals surface area contributed by atoms with E-state index < -0.39 is 0 Å². The van der Waals surface area contributed by atoms with E-state index in [9.17, 15) is 4.79 Å². The molecule has 2 aromatic carbocycles. The van der Waals surface area contributed by atoms with Crippen LogP contribution >= 0.6 is 0 Å². The van der Waals surface area contributed by atoms with E-state index in [0.29, 0.717) is 16.9 Å². The number of hydrogen-bond donors (Lipinski definition) is 1. The highest BCUT2D eigenvalue weighted by Gasteiger charge is 2.08. The van der Waals surface area contributed by atoms with Gasteiger partial charge >= 0.3 is 0 Å². The van der Waals surface area contributed by atoms with Gasteiger partial charge in [0, 0.05) is 11.1 Å². The molecule has 1 N–H and O–H groups in total. The van der Waals surface area contributed by atoms with Gasteiger partial charge in [0.2, 0.25) is 0 Å². The number of ketones is 1. The van der Waals surface area contributed by atoms with Gasteiger partial charge in [0.15, 0.2) is 5.78 Å². The van der Waals surface area contributed by atoms with Crippen LogP contribution in [0.4, 0.5) is 0 Å². The molecule has 98 valence electrons. The van der Waals surface area contributed by atoms with Gasteiger partial charge in [-0.25, -0.2) is 0 Å². The first kappa shape index (κ1) is 13.3. The fraction of sp³-hybridized carbons (Fsp3) is 0.188. The van der Waals surface area contributed by atoms with Crippen molar-refractivity contribution in [3.63, 3.8) is 0 Å². The summed E-state index contributed by atoms with van der Waals surface area (Å²) in [5.74, 6) is 0.646. The summed E-state index contributed by atoms with van der Waals surface area (Å²) in [5, 5.41) is 8.67. The Balaban J connectivity index is 2.15. The van der Waals surface area contributed by atoms with Crippen LogP contribution in [0.3, 0.4) is 0 Å². The molecule has 0 amide bonds. The van der Waals surface area contributed by atoms with Crippen LogP contribution in [0.1, 0.15) is 21.5 Å². The third-order valence-electron chi connectivity index (χ3n) is 2.76. The maximum Gasteiger partial charge on any atom is 0.193 e. The van der Waals surface area contributed by atoms with Gasteiger partial charge in [-0.05, 0) is 37.3 Å². The minimum atomic E-state index is -0.0238. The van der Waals surface area contributed by atoms with Gasteiger partial charge in [-0.2, -0.15) is 0 Å². The molecule has 0 aromatic heterocycles. The minimum absolute atomic E-state index is 0.00240. The Morgan fingerprint density at radius 1 is 1.11 bits per heavy atom. The molecule has 0 radical (unpaired) electrons. The number of carbonyl (C=O) groups is 1. The number of hydrogen-bond acceptors (Lipinski definition) is 3. The second-order valence-corrected chi connectivity index (χ2v) is 4.30. The second kappa shape index (κ2) is 6.16. The molecule has 0 atom stereocenters. The summed E-state index contributed by atoms with van der Waals surface area (Å²) in [7, 11) is 0. The summed E-state index contributed by atoms with van der Waals surface area (Å²) in [6.07, 6.45) is 0. The van der Waals surface area contributed by atoms with Crippen LogP contribution in [0.25, 0.3) is 0 Å². The van der Waals surface area contributed by atoms with E-state index >= 15 is 0 Å². The molecule has 0 heterocycles. The van der Waals surface area contributed by atoms with Gasteiger partial charge in [-0.15, -0.1) is 0 Å². The highest BCUT2D eigenvalue weighted by molar-refractivity contribution is 6.09. The normalized spacial score (nSPS) is 10.2. The van der Waals surface area contributed by atoms with Crippen LogP contribution in [0.5, 0.6) is 5.75 Å². The molecule has 19 heavy (non-hydrogen) atoms. The van der Waals surface area contributed by atoms with E-state index in [1.807, 2.05) is 31.2 Å². The third kappa shape index (κ3) is 3.42. The average Bonchev–Trinajstić information content (AvgIpc) is 2.45. The number of aliphatic hydroxyl groups is 1. The van der Waals surface area contributed by atoms with E-state index in [1.54, 1.807) is 24.3 Å². The van der Waals surface area contributed by atoms with E-state index in [0.717, 1.165) is 5.56 Å². The number of aryl methyl sites for hydroxylation is 1. The minimum Gasteiger partial charge on any atom is -0.491 e. The average molecular weight is 256 g/mol. The summed E-state index contributed by atoms with van der Waals surface area (Å²) in [6.45, 7) is 2.19. The molecule has 0 unspecified atom stereocenters. The number of carbonyl (C=O) groups excluding carboxylic acids is 1. The monoisotopic (exact) mass is 256 g/mol. The number of aliphatic hydroxyl groups excluding tert-OH is 1. The van der Waals surface area contributed by atoms with E-state index in [4.69, 9.17) is 9.84 Å². The molecule has 0 aliphatic carbocycles. The lowest BCUT2D eigenvalue weighted by atomic mass is 10.0. The van der Waals surface area contributed by atoms with Crippen molar-refractivity contribution in [2.75, 3.05) is 13.2 Å². The van der Waals surface area contributed by atoms with Crippen molar-refractivity contribution in [2.24, 2.45) is 0 Å². The van der Waals surface area contributed by atoms with E-state index in [-0.39, 0.29) is 19.0 Å². The van der Waals surface area contributed by atoms with Crippen LogP contribution in [0.15, 0.2) is 48.5 Å². The van der Waals surface area contributed by atoms with Crippen molar-refractivity contribution in [1.29, 1.82) is 0 Å². The van der Waals surface area contributed by atoms with Crippen molar-refractivity contribution < 1.29 is 14.6 Å². The van der Waals surface area contributed by atoms with Gasteiger partial charge in [-0.1, -0.05) is 23.8 Å². The molecule has 0 aliphatic rings. The Morgan fingerprint density at radius 3 is 2.47 bits per heavy atom. The Bertz CT molecular complexity index is 558. The molecule has 0 bridgehead atoms. The third-order valence-corrected chi connectivity index (χ3v) is 2.76. The van der Waals surface area contributed by atoms with Gasteiger partial charge in [0.25, 0.3) is 0 Å². The lowest BCUT2D eigenvalue weighted by Gasteiger charge is -2.06. The maximum atomic E-state index is 12.2. The summed E-state index contributed by atoms with van der Waals surface area (Å²) in [5.41, 5.74) is 2.37. The Labute approximate surface area is 112 Å². The molecule has 0 spiro atoms. The molecule has 2 aromatic rings. The molecule has 0 saturated carbocycles. The quantitative estimate of drug-likeness (QED) is 0.836. The standard InChI is InChI=1S/C16H16O3/c1-12-3-2-4-14(11-12)16(18)13-5-7-15(8-6-13)19-10-9-17/h2-8,11,17H,9-10H2,1H3. The molecular formula is C16H16O3. The highest BCUT2D eigenvalue weighted by Crippen LogP contribution is 2.16. The van der Waals surface area contributed by atoms with Crippen molar-refractivity contribution in [2.45, 2.75) is 6.92 Å². The van der Waals surface area contributed by atoms with Crippen LogP contribution < -0.4 is 4.74 Å². The van der Waals surface area contributed by atoms with Crippen molar-refractivity contribution >= 4 is 5.78 Å². The van der Waals surface area contributed by atoms with Gasteiger partial charge in [0.05, 0.1) is 6.61 Å². The first-order chi connectivity index (χ1) is 9.20. The Morgan fingerprint density at radius 2 is 1.84 bits per heavy atom. The molecule has 3 nitrogen and oxygen atoms in total. The molecule has 2 rings (SSSR count). The summed E-state index contributed by atoms with van der Waals surface area (Å²) in [6, 6.07) is 14.5. The molecule has 3 heteroatoms. The lowest BCUT2D eigenvalue weighted by Crippen LogP contribution is -2.03. The maximum absolute atomic E-state index is 12.2.